The van der Waals surface area contributed by atoms with Crippen molar-refractivity contribution >= 4 is 11.6 Å². The standard InChI is InChI=1S/C18H19N3O2/c1-13-6-4-9-16(22)21(13)12-18(2,3)17(23)20-15-8-5-7-14(10-15)11-19/h4-10H,12H2,1-3H3,(H,20,23). The van der Waals surface area contributed by atoms with Crippen molar-refractivity contribution in [2.75, 3.05) is 5.32 Å². The number of hydrogen-bond donors (Lipinski definition) is 1. The van der Waals surface area contributed by atoms with E-state index >= 15 is 0 Å². The molecule has 5 nitrogen and oxygen atoms in total. The number of carbonyl (C=O) groups is 1. The minimum Gasteiger partial charge on any atom is -0.326 e. The van der Waals surface area contributed by atoms with Crippen LogP contribution in [-0.2, 0) is 11.3 Å². The van der Waals surface area contributed by atoms with Crippen molar-refractivity contribution in [3.63, 3.8) is 0 Å². The number of amides is 1. The van der Waals surface area contributed by atoms with E-state index in [9.17, 15) is 9.59 Å². The van der Waals surface area contributed by atoms with Gasteiger partial charge in [-0.1, -0.05) is 12.1 Å². The Bertz CT molecular complexity index is 829. The van der Waals surface area contributed by atoms with Gasteiger partial charge < -0.3 is 9.88 Å². The summed E-state index contributed by atoms with van der Waals surface area (Å²) in [6.07, 6.45) is 0. The predicted molar refractivity (Wildman–Crippen MR) is 89.0 cm³/mol. The summed E-state index contributed by atoms with van der Waals surface area (Å²) in [7, 11) is 0. The van der Waals surface area contributed by atoms with E-state index in [0.29, 0.717) is 11.3 Å². The predicted octanol–water partition coefficient (Wildman–Crippen LogP) is 2.69. The zero-order valence-electron chi connectivity index (χ0n) is 13.5. The summed E-state index contributed by atoms with van der Waals surface area (Å²) < 4.78 is 1.59. The number of hydrogen-bond acceptors (Lipinski definition) is 3. The number of benzene rings is 1. The van der Waals surface area contributed by atoms with Gasteiger partial charge in [-0.15, -0.1) is 0 Å². The van der Waals surface area contributed by atoms with E-state index in [1.807, 2.05) is 19.1 Å². The molecule has 118 valence electrons. The van der Waals surface area contributed by atoms with Crippen molar-refractivity contribution < 1.29 is 4.79 Å². The molecule has 1 aromatic heterocycles. The molecule has 5 heteroatoms. The Hall–Kier alpha value is -2.87. The summed E-state index contributed by atoms with van der Waals surface area (Å²) in [6.45, 7) is 5.69. The number of aryl methyl sites for hydroxylation is 1. The molecule has 0 aliphatic rings. The molecule has 2 aromatic rings. The van der Waals surface area contributed by atoms with Crippen molar-refractivity contribution in [2.24, 2.45) is 5.41 Å². The van der Waals surface area contributed by atoms with Gasteiger partial charge in [-0.3, -0.25) is 9.59 Å². The second-order valence-corrected chi connectivity index (χ2v) is 6.12. The Morgan fingerprint density at radius 2 is 1.96 bits per heavy atom. The van der Waals surface area contributed by atoms with Crippen LogP contribution in [0.2, 0.25) is 0 Å². The van der Waals surface area contributed by atoms with Gasteiger partial charge in [0.15, 0.2) is 0 Å². The highest BCUT2D eigenvalue weighted by Crippen LogP contribution is 2.21. The average Bonchev–Trinajstić information content (AvgIpc) is 2.51. The SMILES string of the molecule is Cc1cccc(=O)n1CC(C)(C)C(=O)Nc1cccc(C#N)c1. The summed E-state index contributed by atoms with van der Waals surface area (Å²) in [6, 6.07) is 13.8. The number of rotatable bonds is 4. The number of aromatic nitrogens is 1. The van der Waals surface area contributed by atoms with Crippen molar-refractivity contribution in [1.82, 2.24) is 4.57 Å². The smallest absolute Gasteiger partial charge is 0.250 e. The number of nitrogens with one attached hydrogen (secondary N) is 1. The molecule has 1 N–H and O–H groups in total. The molecule has 0 fully saturated rings. The molecule has 0 aliphatic heterocycles. The van der Waals surface area contributed by atoms with Crippen LogP contribution in [0.5, 0.6) is 0 Å². The van der Waals surface area contributed by atoms with Crippen LogP contribution in [0.15, 0.2) is 47.3 Å². The molecule has 0 radical (unpaired) electrons. The van der Waals surface area contributed by atoms with Gasteiger partial charge in [0, 0.05) is 24.0 Å². The average molecular weight is 309 g/mol. The fourth-order valence-corrected chi connectivity index (χ4v) is 2.26. The van der Waals surface area contributed by atoms with E-state index < -0.39 is 5.41 Å². The summed E-state index contributed by atoms with van der Waals surface area (Å²) >= 11 is 0. The summed E-state index contributed by atoms with van der Waals surface area (Å²) in [5, 5.41) is 11.7. The Labute approximate surface area is 135 Å². The van der Waals surface area contributed by atoms with Gasteiger partial charge in [0.2, 0.25) is 5.91 Å². The van der Waals surface area contributed by atoms with Gasteiger partial charge in [0.05, 0.1) is 17.0 Å². The molecular weight excluding hydrogens is 290 g/mol. The van der Waals surface area contributed by atoms with E-state index in [4.69, 9.17) is 5.26 Å². The number of carbonyl (C=O) groups excluding carboxylic acids is 1. The molecule has 0 unspecified atom stereocenters. The van der Waals surface area contributed by atoms with Crippen LogP contribution in [0.4, 0.5) is 5.69 Å². The Morgan fingerprint density at radius 3 is 2.61 bits per heavy atom. The van der Waals surface area contributed by atoms with E-state index in [1.165, 1.54) is 6.07 Å². The van der Waals surface area contributed by atoms with E-state index in [1.54, 1.807) is 48.7 Å². The highest BCUT2D eigenvalue weighted by molar-refractivity contribution is 5.94. The highest BCUT2D eigenvalue weighted by Gasteiger charge is 2.29. The second kappa shape index (κ2) is 6.49. The Kier molecular flexibility index (Phi) is 4.65. The summed E-state index contributed by atoms with van der Waals surface area (Å²) in [5.41, 5.74) is 0.954. The first-order valence-electron chi connectivity index (χ1n) is 7.31. The van der Waals surface area contributed by atoms with Crippen LogP contribution in [0, 0.1) is 23.7 Å². The molecule has 1 aromatic carbocycles. The lowest BCUT2D eigenvalue weighted by molar-refractivity contribution is -0.124. The first-order chi connectivity index (χ1) is 10.8. The topological polar surface area (TPSA) is 74.9 Å². The zero-order chi connectivity index (χ0) is 17.0. The maximum Gasteiger partial charge on any atom is 0.250 e. The van der Waals surface area contributed by atoms with E-state index in [2.05, 4.69) is 5.32 Å². The normalized spacial score (nSPS) is 10.9. The molecule has 1 heterocycles. The molecular formula is C18H19N3O2. The monoisotopic (exact) mass is 309 g/mol. The molecule has 0 bridgehead atoms. The van der Waals surface area contributed by atoms with Crippen LogP contribution in [-0.4, -0.2) is 10.5 Å². The molecule has 0 saturated heterocycles. The first kappa shape index (κ1) is 16.5. The highest BCUT2D eigenvalue weighted by atomic mass is 16.2. The van der Waals surface area contributed by atoms with Crippen LogP contribution < -0.4 is 10.9 Å². The molecule has 1 amide bonds. The number of nitriles is 1. The Balaban J connectivity index is 2.20. The number of nitrogens with zero attached hydrogens (tertiary/aromatic N) is 2. The van der Waals surface area contributed by atoms with Crippen LogP contribution in [0.1, 0.15) is 25.1 Å². The van der Waals surface area contributed by atoms with Gasteiger partial charge >= 0.3 is 0 Å². The minimum atomic E-state index is -0.779. The first-order valence-corrected chi connectivity index (χ1v) is 7.31. The molecule has 0 aliphatic carbocycles. The third kappa shape index (κ3) is 3.86. The second-order valence-electron chi connectivity index (χ2n) is 6.12. The zero-order valence-corrected chi connectivity index (χ0v) is 13.5. The van der Waals surface area contributed by atoms with Crippen molar-refractivity contribution in [1.29, 1.82) is 5.26 Å². The molecule has 2 rings (SSSR count). The third-order valence-electron chi connectivity index (χ3n) is 3.69. The van der Waals surface area contributed by atoms with Crippen LogP contribution in [0.3, 0.4) is 0 Å². The third-order valence-corrected chi connectivity index (χ3v) is 3.69. The molecule has 0 saturated carbocycles. The van der Waals surface area contributed by atoms with Gasteiger partial charge in [-0.05, 0) is 45.0 Å². The number of anilines is 1. The van der Waals surface area contributed by atoms with Gasteiger partial charge in [0.1, 0.15) is 0 Å². The summed E-state index contributed by atoms with van der Waals surface area (Å²) in [4.78, 5) is 24.5. The summed E-state index contributed by atoms with van der Waals surface area (Å²) in [5.74, 6) is -0.206. The number of pyridine rings is 1. The van der Waals surface area contributed by atoms with Crippen molar-refractivity contribution in [2.45, 2.75) is 27.3 Å². The van der Waals surface area contributed by atoms with Crippen LogP contribution >= 0.6 is 0 Å². The lowest BCUT2D eigenvalue weighted by Crippen LogP contribution is -2.38. The van der Waals surface area contributed by atoms with Crippen LogP contribution in [0.25, 0.3) is 0 Å². The fraction of sp³-hybridized carbons (Fsp3) is 0.278. The maximum absolute atomic E-state index is 12.6. The lowest BCUT2D eigenvalue weighted by atomic mass is 9.91. The quantitative estimate of drug-likeness (QED) is 0.943. The molecule has 0 atom stereocenters. The largest absolute Gasteiger partial charge is 0.326 e. The lowest BCUT2D eigenvalue weighted by Gasteiger charge is -2.25. The minimum absolute atomic E-state index is 0.127. The van der Waals surface area contributed by atoms with E-state index in [-0.39, 0.29) is 18.0 Å². The van der Waals surface area contributed by atoms with E-state index in [0.717, 1.165) is 5.69 Å². The van der Waals surface area contributed by atoms with Crippen molar-refractivity contribution in [3.05, 3.63) is 64.1 Å². The maximum atomic E-state index is 12.6. The van der Waals surface area contributed by atoms with Gasteiger partial charge in [-0.25, -0.2) is 0 Å². The van der Waals surface area contributed by atoms with Gasteiger partial charge in [0.25, 0.3) is 5.56 Å². The van der Waals surface area contributed by atoms with Gasteiger partial charge in [-0.2, -0.15) is 5.26 Å². The molecule has 0 spiro atoms. The molecule has 23 heavy (non-hydrogen) atoms. The van der Waals surface area contributed by atoms with Crippen molar-refractivity contribution in [3.8, 4) is 6.07 Å². The Morgan fingerprint density at radius 1 is 1.26 bits per heavy atom. The fourth-order valence-electron chi connectivity index (χ4n) is 2.26.